The van der Waals surface area contributed by atoms with E-state index in [9.17, 15) is 14.4 Å². The summed E-state index contributed by atoms with van der Waals surface area (Å²) in [7, 11) is 1.39. The summed E-state index contributed by atoms with van der Waals surface area (Å²) < 4.78 is 6.82. The molecule has 1 aromatic heterocycles. The third kappa shape index (κ3) is 2.63. The Hall–Kier alpha value is -2.73. The molecule has 0 aliphatic carbocycles. The number of benzene rings is 1. The van der Waals surface area contributed by atoms with Gasteiger partial charge in [0.05, 0.1) is 18.7 Å². The van der Waals surface area contributed by atoms with Gasteiger partial charge in [-0.2, -0.15) is 0 Å². The van der Waals surface area contributed by atoms with Crippen LogP contribution < -0.4 is 0 Å². The summed E-state index contributed by atoms with van der Waals surface area (Å²) in [6, 6.07) is 7.18. The standard InChI is InChI=1S/C21H22N2O4/c1-12(24)14-8-9-18-20-16(10-19(21(26)27-3)22(18)11-14)15-6-4-5-7-17(15)23(20)13(2)25/h4-8,18-19H,9-11H2,1-3H3/t18-,19+/m1/s1. The van der Waals surface area contributed by atoms with Crippen LogP contribution >= 0.6 is 0 Å². The summed E-state index contributed by atoms with van der Waals surface area (Å²) >= 11 is 0. The maximum absolute atomic E-state index is 12.5. The molecule has 4 rings (SSSR count). The number of para-hydroxylation sites is 1. The van der Waals surface area contributed by atoms with Crippen LogP contribution in [-0.4, -0.2) is 46.8 Å². The molecule has 0 amide bonds. The number of nitrogens with zero attached hydrogens (tertiary/aromatic N) is 2. The minimum absolute atomic E-state index is 0.00924. The number of Topliss-reactive ketones (excluding diaryl/α,β-unsaturated/α-hetero) is 1. The van der Waals surface area contributed by atoms with E-state index in [0.717, 1.165) is 22.2 Å². The van der Waals surface area contributed by atoms with Crippen LogP contribution in [0.2, 0.25) is 0 Å². The topological polar surface area (TPSA) is 68.6 Å². The highest BCUT2D eigenvalue weighted by Crippen LogP contribution is 2.43. The molecule has 2 aliphatic rings. The average Bonchev–Trinajstić information content (AvgIpc) is 3.01. The molecule has 6 heteroatoms. The van der Waals surface area contributed by atoms with Crippen molar-refractivity contribution in [2.75, 3.05) is 13.7 Å². The van der Waals surface area contributed by atoms with E-state index in [4.69, 9.17) is 4.74 Å². The minimum Gasteiger partial charge on any atom is -0.468 e. The number of hydrogen-bond donors (Lipinski definition) is 0. The highest BCUT2D eigenvalue weighted by molar-refractivity contribution is 5.97. The molecule has 0 saturated carbocycles. The molecule has 6 nitrogen and oxygen atoms in total. The molecule has 0 unspecified atom stereocenters. The monoisotopic (exact) mass is 366 g/mol. The third-order valence-electron chi connectivity index (χ3n) is 5.71. The number of ketones is 1. The van der Waals surface area contributed by atoms with Crippen LogP contribution in [0.3, 0.4) is 0 Å². The number of esters is 1. The molecule has 1 aromatic carbocycles. The van der Waals surface area contributed by atoms with Crippen molar-refractivity contribution < 1.29 is 19.1 Å². The van der Waals surface area contributed by atoms with Crippen molar-refractivity contribution in [1.29, 1.82) is 0 Å². The molecule has 27 heavy (non-hydrogen) atoms. The van der Waals surface area contributed by atoms with Gasteiger partial charge in [0.1, 0.15) is 6.04 Å². The zero-order chi connectivity index (χ0) is 19.3. The van der Waals surface area contributed by atoms with E-state index < -0.39 is 6.04 Å². The Morgan fingerprint density at radius 2 is 1.89 bits per heavy atom. The van der Waals surface area contributed by atoms with E-state index >= 15 is 0 Å². The summed E-state index contributed by atoms with van der Waals surface area (Å²) in [5.74, 6) is -0.352. The Balaban J connectivity index is 1.96. The molecule has 0 spiro atoms. The smallest absolute Gasteiger partial charge is 0.323 e. The van der Waals surface area contributed by atoms with Gasteiger partial charge in [0, 0.05) is 36.5 Å². The molecule has 0 bridgehead atoms. The molecule has 140 valence electrons. The van der Waals surface area contributed by atoms with Crippen molar-refractivity contribution in [3.63, 3.8) is 0 Å². The Morgan fingerprint density at radius 1 is 1.15 bits per heavy atom. The summed E-state index contributed by atoms with van der Waals surface area (Å²) in [6.45, 7) is 3.49. The molecule has 2 atom stereocenters. The second kappa shape index (κ2) is 6.46. The molecule has 0 fully saturated rings. The maximum atomic E-state index is 12.5. The van der Waals surface area contributed by atoms with Gasteiger partial charge in [-0.05, 0) is 25.0 Å². The van der Waals surface area contributed by atoms with E-state index in [1.807, 2.05) is 35.2 Å². The van der Waals surface area contributed by atoms with Gasteiger partial charge >= 0.3 is 5.97 Å². The van der Waals surface area contributed by atoms with Crippen molar-refractivity contribution in [2.24, 2.45) is 0 Å². The first-order valence-corrected chi connectivity index (χ1v) is 9.10. The predicted molar refractivity (Wildman–Crippen MR) is 101 cm³/mol. The van der Waals surface area contributed by atoms with Crippen molar-refractivity contribution in [2.45, 2.75) is 38.8 Å². The number of ether oxygens (including phenoxy) is 1. The van der Waals surface area contributed by atoms with Crippen molar-refractivity contribution in [1.82, 2.24) is 9.47 Å². The van der Waals surface area contributed by atoms with Gasteiger partial charge in [-0.15, -0.1) is 0 Å². The van der Waals surface area contributed by atoms with E-state index in [0.29, 0.717) is 25.0 Å². The molecule has 2 aliphatic heterocycles. The predicted octanol–water partition coefficient (Wildman–Crippen LogP) is 2.66. The Labute approximate surface area is 157 Å². The van der Waals surface area contributed by atoms with E-state index in [1.54, 1.807) is 18.4 Å². The highest BCUT2D eigenvalue weighted by atomic mass is 16.5. The van der Waals surface area contributed by atoms with Crippen LogP contribution in [0.25, 0.3) is 10.9 Å². The Bertz CT molecular complexity index is 1000. The summed E-state index contributed by atoms with van der Waals surface area (Å²) in [5, 5.41) is 0.998. The number of carbonyl (C=O) groups excluding carboxylic acids is 3. The van der Waals surface area contributed by atoms with Gasteiger partial charge in [-0.3, -0.25) is 23.9 Å². The lowest BCUT2D eigenvalue weighted by atomic mass is 9.86. The highest BCUT2D eigenvalue weighted by Gasteiger charge is 2.43. The SMILES string of the molecule is COC(=O)[C@@H]1Cc2c(n(C(C)=O)c3ccccc23)[C@H]2CC=C(C(C)=O)CN21. The molecule has 0 saturated heterocycles. The molecular weight excluding hydrogens is 344 g/mol. The largest absolute Gasteiger partial charge is 0.468 e. The van der Waals surface area contributed by atoms with Crippen LogP contribution in [-0.2, 0) is 20.7 Å². The quantitative estimate of drug-likeness (QED) is 0.765. The number of aromatic nitrogens is 1. The van der Waals surface area contributed by atoms with Gasteiger partial charge in [0.2, 0.25) is 5.91 Å². The molecule has 0 radical (unpaired) electrons. The maximum Gasteiger partial charge on any atom is 0.323 e. The fourth-order valence-electron chi connectivity index (χ4n) is 4.51. The third-order valence-corrected chi connectivity index (χ3v) is 5.71. The van der Waals surface area contributed by atoms with Crippen LogP contribution in [0.5, 0.6) is 0 Å². The van der Waals surface area contributed by atoms with Crippen LogP contribution in [0.15, 0.2) is 35.9 Å². The van der Waals surface area contributed by atoms with Crippen LogP contribution in [0.4, 0.5) is 0 Å². The average molecular weight is 366 g/mol. The van der Waals surface area contributed by atoms with Crippen LogP contribution in [0, 0.1) is 0 Å². The summed E-state index contributed by atoms with van der Waals surface area (Å²) in [5.41, 5.74) is 3.52. The van der Waals surface area contributed by atoms with Gasteiger partial charge in [-0.1, -0.05) is 24.3 Å². The zero-order valence-electron chi connectivity index (χ0n) is 15.7. The van der Waals surface area contributed by atoms with Crippen molar-refractivity contribution >= 4 is 28.6 Å². The fourth-order valence-corrected chi connectivity index (χ4v) is 4.51. The van der Waals surface area contributed by atoms with E-state index in [2.05, 4.69) is 0 Å². The lowest BCUT2D eigenvalue weighted by Gasteiger charge is -2.43. The number of fused-ring (bicyclic) bond motifs is 5. The van der Waals surface area contributed by atoms with E-state index in [1.165, 1.54) is 7.11 Å². The normalized spacial score (nSPS) is 22.0. The van der Waals surface area contributed by atoms with Gasteiger partial charge in [0.25, 0.3) is 0 Å². The number of rotatable bonds is 2. The Morgan fingerprint density at radius 3 is 2.56 bits per heavy atom. The first-order valence-electron chi connectivity index (χ1n) is 9.10. The molecule has 3 heterocycles. The zero-order valence-corrected chi connectivity index (χ0v) is 15.7. The van der Waals surface area contributed by atoms with E-state index in [-0.39, 0.29) is 23.7 Å². The first kappa shape index (κ1) is 17.7. The molecule has 0 N–H and O–H groups in total. The van der Waals surface area contributed by atoms with Crippen molar-refractivity contribution in [3.8, 4) is 0 Å². The molecule has 2 aromatic rings. The Kier molecular flexibility index (Phi) is 4.23. The summed E-state index contributed by atoms with van der Waals surface area (Å²) in [4.78, 5) is 39.0. The second-order valence-electron chi connectivity index (χ2n) is 7.19. The van der Waals surface area contributed by atoms with Crippen LogP contribution in [0.1, 0.15) is 42.4 Å². The number of methoxy groups -OCH3 is 1. The first-order chi connectivity index (χ1) is 12.9. The lowest BCUT2D eigenvalue weighted by Crippen LogP contribution is -2.51. The second-order valence-corrected chi connectivity index (χ2v) is 7.19. The van der Waals surface area contributed by atoms with Crippen molar-refractivity contribution in [3.05, 3.63) is 47.2 Å². The van der Waals surface area contributed by atoms with Gasteiger partial charge < -0.3 is 4.74 Å². The molecular formula is C21H22N2O4. The number of hydrogen-bond acceptors (Lipinski definition) is 5. The lowest BCUT2D eigenvalue weighted by molar-refractivity contribution is -0.148. The summed E-state index contributed by atoms with van der Waals surface area (Å²) in [6.07, 6.45) is 2.98. The van der Waals surface area contributed by atoms with Gasteiger partial charge in [-0.25, -0.2) is 0 Å². The fraction of sp³-hybridized carbons (Fsp3) is 0.381. The minimum atomic E-state index is -0.471. The van der Waals surface area contributed by atoms with Gasteiger partial charge in [0.15, 0.2) is 5.78 Å². The number of carbonyl (C=O) groups is 3.